The molecule has 0 aliphatic carbocycles. The van der Waals surface area contributed by atoms with Gasteiger partial charge >= 0.3 is 0 Å². The molecular weight excluding hydrogens is 344 g/mol. The molecule has 0 saturated heterocycles. The van der Waals surface area contributed by atoms with E-state index in [1.807, 2.05) is 49.4 Å². The van der Waals surface area contributed by atoms with E-state index in [0.29, 0.717) is 0 Å². The molecule has 1 amide bonds. The van der Waals surface area contributed by atoms with Crippen molar-refractivity contribution in [2.75, 3.05) is 0 Å². The van der Waals surface area contributed by atoms with Crippen molar-refractivity contribution >= 4 is 43.8 Å². The monoisotopic (exact) mass is 360 g/mol. The first-order chi connectivity index (χ1) is 12.6. The Morgan fingerprint density at radius 1 is 0.962 bits per heavy atom. The number of nitrogens with one attached hydrogen (secondary N) is 1. The highest BCUT2D eigenvalue weighted by molar-refractivity contribution is 7.20. The zero-order valence-electron chi connectivity index (χ0n) is 14.1. The smallest absolute Gasteiger partial charge is 0.275 e. The number of aromatic hydroxyl groups is 1. The summed E-state index contributed by atoms with van der Waals surface area (Å²) in [6, 6.07) is 21.0. The largest absolute Gasteiger partial charge is 0.507 e. The van der Waals surface area contributed by atoms with Crippen LogP contribution in [0.3, 0.4) is 0 Å². The second-order valence-corrected chi connectivity index (χ2v) is 7.09. The molecule has 3 aromatic carbocycles. The van der Waals surface area contributed by atoms with E-state index >= 15 is 0 Å². The van der Waals surface area contributed by atoms with Crippen LogP contribution in [0.15, 0.2) is 71.8 Å². The van der Waals surface area contributed by atoms with Crippen LogP contribution in [0.25, 0.3) is 20.9 Å². The Kier molecular flexibility index (Phi) is 4.14. The number of hydrazone groups is 1. The molecule has 0 spiro atoms. The summed E-state index contributed by atoms with van der Waals surface area (Å²) < 4.78 is 1.18. The van der Waals surface area contributed by atoms with Gasteiger partial charge in [0.1, 0.15) is 5.75 Å². The first-order valence-electron chi connectivity index (χ1n) is 8.17. The first kappa shape index (κ1) is 16.3. The number of phenols is 1. The van der Waals surface area contributed by atoms with Gasteiger partial charge in [-0.15, -0.1) is 11.3 Å². The van der Waals surface area contributed by atoms with Crippen LogP contribution < -0.4 is 5.43 Å². The maximum atomic E-state index is 12.4. The van der Waals surface area contributed by atoms with Gasteiger partial charge in [-0.2, -0.15) is 5.10 Å². The summed E-state index contributed by atoms with van der Waals surface area (Å²) in [4.78, 5) is 13.4. The van der Waals surface area contributed by atoms with Gasteiger partial charge in [-0.3, -0.25) is 4.79 Å². The van der Waals surface area contributed by atoms with Crippen molar-refractivity contribution in [3.63, 3.8) is 0 Å². The predicted octanol–water partition coefficient (Wildman–Crippen LogP) is 4.91. The third kappa shape index (κ3) is 3.05. The van der Waals surface area contributed by atoms with Gasteiger partial charge in [-0.25, -0.2) is 5.43 Å². The number of carbonyl (C=O) groups is 1. The molecule has 0 bridgehead atoms. The third-order valence-corrected chi connectivity index (χ3v) is 5.44. The van der Waals surface area contributed by atoms with Crippen molar-refractivity contribution in [3.8, 4) is 5.75 Å². The number of hydrogen-bond donors (Lipinski definition) is 2. The number of fused-ring (bicyclic) bond motifs is 2. The predicted molar refractivity (Wildman–Crippen MR) is 107 cm³/mol. The number of thiophene rings is 1. The molecule has 1 heterocycles. The second-order valence-electron chi connectivity index (χ2n) is 6.00. The van der Waals surface area contributed by atoms with Crippen LogP contribution in [0.2, 0.25) is 0 Å². The van der Waals surface area contributed by atoms with Gasteiger partial charge < -0.3 is 5.11 Å². The van der Waals surface area contributed by atoms with E-state index < -0.39 is 5.91 Å². The van der Waals surface area contributed by atoms with Crippen molar-refractivity contribution in [3.05, 3.63) is 77.2 Å². The van der Waals surface area contributed by atoms with Crippen LogP contribution in [0, 0.1) is 0 Å². The van der Waals surface area contributed by atoms with Crippen LogP contribution >= 0.6 is 11.3 Å². The lowest BCUT2D eigenvalue weighted by Crippen LogP contribution is -2.19. The van der Waals surface area contributed by atoms with Crippen LogP contribution in [0.4, 0.5) is 0 Å². The molecule has 0 aliphatic rings. The molecule has 0 aliphatic heterocycles. The quantitative estimate of drug-likeness (QED) is 0.403. The molecule has 2 N–H and O–H groups in total. The molecule has 128 valence electrons. The number of nitrogens with zero attached hydrogens (tertiary/aromatic N) is 1. The lowest BCUT2D eigenvalue weighted by molar-refractivity contribution is 0.0952. The summed E-state index contributed by atoms with van der Waals surface area (Å²) >= 11 is 1.63. The summed E-state index contributed by atoms with van der Waals surface area (Å²) in [5.74, 6) is -0.496. The molecular formula is C21H16N2O2S. The fraction of sp³-hybridized carbons (Fsp3) is 0.0476. The Hall–Kier alpha value is -3.18. The highest BCUT2D eigenvalue weighted by Gasteiger charge is 2.12. The Balaban J connectivity index is 1.59. The van der Waals surface area contributed by atoms with Gasteiger partial charge in [0.2, 0.25) is 0 Å². The summed E-state index contributed by atoms with van der Waals surface area (Å²) in [6.07, 6.45) is 0. The number of amides is 1. The molecule has 4 nitrogen and oxygen atoms in total. The van der Waals surface area contributed by atoms with Crippen molar-refractivity contribution < 1.29 is 9.90 Å². The molecule has 1 aromatic heterocycles. The van der Waals surface area contributed by atoms with E-state index in [9.17, 15) is 9.90 Å². The van der Waals surface area contributed by atoms with Crippen LogP contribution in [-0.2, 0) is 0 Å². The maximum Gasteiger partial charge on any atom is 0.275 e. The van der Waals surface area contributed by atoms with E-state index in [4.69, 9.17) is 0 Å². The Morgan fingerprint density at radius 2 is 1.62 bits per heavy atom. The van der Waals surface area contributed by atoms with E-state index in [1.165, 1.54) is 4.70 Å². The van der Waals surface area contributed by atoms with Gasteiger partial charge in [0.25, 0.3) is 5.91 Å². The number of carbonyl (C=O) groups excluding carboxylic acids is 1. The standard InChI is InChI=1S/C21H16N2O2S/c1-13(20-12-16-8-4-5-9-19(16)26-20)22-23-21(25)17-10-14-6-2-3-7-15(14)11-18(17)24/h2-12,24H,1H3,(H,23,25)/b22-13-. The third-order valence-electron chi connectivity index (χ3n) is 4.22. The zero-order chi connectivity index (χ0) is 18.1. The topological polar surface area (TPSA) is 61.7 Å². The van der Waals surface area contributed by atoms with Gasteiger partial charge in [0, 0.05) is 4.70 Å². The Morgan fingerprint density at radius 3 is 2.35 bits per heavy atom. The van der Waals surface area contributed by atoms with Gasteiger partial charge in [0.05, 0.1) is 16.2 Å². The average Bonchev–Trinajstić information content (AvgIpc) is 3.09. The number of phenolic OH excluding ortho intramolecular Hbond substituents is 1. The molecule has 4 rings (SSSR count). The minimum absolute atomic E-state index is 0.0593. The number of hydrogen-bond acceptors (Lipinski definition) is 4. The average molecular weight is 360 g/mol. The summed E-state index contributed by atoms with van der Waals surface area (Å²) in [5.41, 5.74) is 3.47. The van der Waals surface area contributed by atoms with E-state index in [2.05, 4.69) is 22.7 Å². The minimum atomic E-state index is -0.436. The molecule has 5 heteroatoms. The molecule has 0 radical (unpaired) electrons. The Labute approximate surface area is 154 Å². The van der Waals surface area contributed by atoms with E-state index in [-0.39, 0.29) is 11.3 Å². The summed E-state index contributed by atoms with van der Waals surface area (Å²) in [6.45, 7) is 1.85. The van der Waals surface area contributed by atoms with Crippen molar-refractivity contribution in [1.82, 2.24) is 5.43 Å². The van der Waals surface area contributed by atoms with Crippen LogP contribution in [-0.4, -0.2) is 16.7 Å². The summed E-state index contributed by atoms with van der Waals surface area (Å²) in [7, 11) is 0. The van der Waals surface area contributed by atoms with Gasteiger partial charge in [-0.05, 0) is 47.3 Å². The Bertz CT molecular complexity index is 1130. The lowest BCUT2D eigenvalue weighted by atomic mass is 10.1. The SMILES string of the molecule is C/C(=N/NC(=O)c1cc2ccccc2cc1O)c1cc2ccccc2s1. The first-order valence-corrected chi connectivity index (χ1v) is 8.99. The molecule has 26 heavy (non-hydrogen) atoms. The fourth-order valence-electron chi connectivity index (χ4n) is 2.82. The maximum absolute atomic E-state index is 12.4. The molecule has 4 aromatic rings. The van der Waals surface area contributed by atoms with E-state index in [0.717, 1.165) is 26.7 Å². The lowest BCUT2D eigenvalue weighted by Gasteiger charge is -2.06. The molecule has 0 fully saturated rings. The van der Waals surface area contributed by atoms with Gasteiger partial charge in [-0.1, -0.05) is 42.5 Å². The second kappa shape index (κ2) is 6.61. The van der Waals surface area contributed by atoms with Crippen molar-refractivity contribution in [2.24, 2.45) is 5.10 Å². The summed E-state index contributed by atoms with van der Waals surface area (Å²) in [5, 5.41) is 17.3. The van der Waals surface area contributed by atoms with Gasteiger partial charge in [0.15, 0.2) is 0 Å². The van der Waals surface area contributed by atoms with Crippen molar-refractivity contribution in [1.29, 1.82) is 0 Å². The minimum Gasteiger partial charge on any atom is -0.507 e. The normalized spacial score (nSPS) is 11.8. The number of rotatable bonds is 3. The van der Waals surface area contributed by atoms with Crippen LogP contribution in [0.1, 0.15) is 22.2 Å². The van der Waals surface area contributed by atoms with Crippen molar-refractivity contribution in [2.45, 2.75) is 6.92 Å². The highest BCUT2D eigenvalue weighted by atomic mass is 32.1. The highest BCUT2D eigenvalue weighted by Crippen LogP contribution is 2.26. The number of benzene rings is 3. The molecule has 0 unspecified atom stereocenters. The molecule has 0 saturated carbocycles. The molecule has 0 atom stereocenters. The fourth-order valence-corrected chi connectivity index (χ4v) is 3.83. The van der Waals surface area contributed by atoms with Crippen LogP contribution in [0.5, 0.6) is 5.75 Å². The van der Waals surface area contributed by atoms with E-state index in [1.54, 1.807) is 23.5 Å². The zero-order valence-corrected chi connectivity index (χ0v) is 14.9.